The van der Waals surface area contributed by atoms with E-state index in [1.54, 1.807) is 0 Å². The second-order valence-electron chi connectivity index (χ2n) is 8.45. The maximum Gasteiger partial charge on any atom is 0.310 e. The quantitative estimate of drug-likeness (QED) is 0.592. The lowest BCUT2D eigenvalue weighted by molar-refractivity contribution is -0.174. The minimum atomic E-state index is -0.280. The molecule has 6 atom stereocenters. The van der Waals surface area contributed by atoms with Crippen LogP contribution in [0.1, 0.15) is 52.9 Å². The summed E-state index contributed by atoms with van der Waals surface area (Å²) in [5.74, 6) is 0.787. The summed E-state index contributed by atoms with van der Waals surface area (Å²) < 4.78 is 6.18. The van der Waals surface area contributed by atoms with Gasteiger partial charge < -0.3 is 4.74 Å². The average molecular weight is 302 g/mol. The first-order valence-corrected chi connectivity index (χ1v) is 8.84. The Hall–Kier alpha value is -1.12. The summed E-state index contributed by atoms with van der Waals surface area (Å²) in [6, 6.07) is 0. The molecule has 3 saturated carbocycles. The van der Waals surface area contributed by atoms with Crippen LogP contribution in [0.25, 0.3) is 0 Å². The van der Waals surface area contributed by atoms with E-state index >= 15 is 0 Å². The van der Waals surface area contributed by atoms with Crippen LogP contribution in [0, 0.1) is 35.0 Å². The van der Waals surface area contributed by atoms with E-state index in [1.165, 1.54) is 12.8 Å². The van der Waals surface area contributed by atoms with Crippen molar-refractivity contribution in [3.05, 3.63) is 12.2 Å². The van der Waals surface area contributed by atoms with Gasteiger partial charge in [0.25, 0.3) is 0 Å². The van der Waals surface area contributed by atoms with Gasteiger partial charge in [-0.15, -0.1) is 0 Å². The van der Waals surface area contributed by atoms with Crippen molar-refractivity contribution in [1.82, 2.24) is 0 Å². The van der Waals surface area contributed by atoms with Crippen LogP contribution in [-0.4, -0.2) is 17.4 Å². The largest absolute Gasteiger partial charge is 0.459 e. The first kappa shape index (κ1) is 14.5. The molecule has 4 bridgehead atoms. The Bertz CT molecular complexity index is 561. The molecule has 3 nitrogen and oxygen atoms in total. The fraction of sp³-hybridized carbons (Fsp3) is 0.789. The number of fused-ring (bicyclic) bond motifs is 4. The van der Waals surface area contributed by atoms with Gasteiger partial charge in [0.05, 0.1) is 5.92 Å². The number of hydrogen-bond donors (Lipinski definition) is 0. The normalized spacial score (nSPS) is 47.4. The van der Waals surface area contributed by atoms with Crippen LogP contribution in [-0.2, 0) is 14.3 Å². The Morgan fingerprint density at radius 3 is 2.55 bits per heavy atom. The molecule has 0 saturated heterocycles. The first-order valence-electron chi connectivity index (χ1n) is 8.84. The molecule has 0 heterocycles. The van der Waals surface area contributed by atoms with Crippen molar-refractivity contribution >= 4 is 11.8 Å². The van der Waals surface area contributed by atoms with Crippen molar-refractivity contribution in [2.45, 2.75) is 58.5 Å². The van der Waals surface area contributed by atoms with Crippen LogP contribution in [0.3, 0.4) is 0 Å². The fourth-order valence-electron chi connectivity index (χ4n) is 5.99. The van der Waals surface area contributed by atoms with Gasteiger partial charge >= 0.3 is 5.97 Å². The maximum atomic E-state index is 12.8. The number of ketones is 1. The van der Waals surface area contributed by atoms with Gasteiger partial charge in [0, 0.05) is 17.8 Å². The highest BCUT2D eigenvalue weighted by molar-refractivity contribution is 5.96. The molecule has 4 aliphatic carbocycles. The van der Waals surface area contributed by atoms with Gasteiger partial charge in [-0.25, -0.2) is 0 Å². The van der Waals surface area contributed by atoms with Crippen molar-refractivity contribution in [2.24, 2.45) is 35.0 Å². The van der Waals surface area contributed by atoms with E-state index in [9.17, 15) is 9.59 Å². The van der Waals surface area contributed by atoms with E-state index in [4.69, 9.17) is 4.74 Å². The molecule has 3 heteroatoms. The number of carbonyl (C=O) groups excluding carboxylic acids is 2. The molecule has 0 radical (unpaired) electrons. The maximum absolute atomic E-state index is 12.8. The second-order valence-corrected chi connectivity index (χ2v) is 8.45. The lowest BCUT2D eigenvalue weighted by Crippen LogP contribution is -2.43. The van der Waals surface area contributed by atoms with E-state index in [2.05, 4.69) is 20.8 Å². The van der Waals surface area contributed by atoms with Gasteiger partial charge in [-0.05, 0) is 43.4 Å². The van der Waals surface area contributed by atoms with Gasteiger partial charge in [0.15, 0.2) is 0 Å². The van der Waals surface area contributed by atoms with E-state index in [-0.39, 0.29) is 40.5 Å². The van der Waals surface area contributed by atoms with Crippen molar-refractivity contribution in [3.8, 4) is 0 Å². The van der Waals surface area contributed by atoms with Crippen LogP contribution in [0.2, 0.25) is 0 Å². The number of rotatable bonds is 3. The summed E-state index contributed by atoms with van der Waals surface area (Å²) in [6.45, 7) is 6.82. The van der Waals surface area contributed by atoms with Crippen LogP contribution in [0.4, 0.5) is 0 Å². The Balaban J connectivity index is 1.54. The molecule has 0 N–H and O–H groups in total. The molecule has 4 aliphatic rings. The number of allylic oxidation sites excluding steroid dienone is 2. The van der Waals surface area contributed by atoms with Crippen molar-refractivity contribution < 1.29 is 14.3 Å². The third-order valence-corrected chi connectivity index (χ3v) is 7.37. The van der Waals surface area contributed by atoms with Gasteiger partial charge in [0.1, 0.15) is 11.4 Å². The predicted molar refractivity (Wildman–Crippen MR) is 83.0 cm³/mol. The highest BCUT2D eigenvalue weighted by Gasteiger charge is 2.63. The number of carbonyl (C=O) groups is 2. The molecule has 0 spiro atoms. The van der Waals surface area contributed by atoms with E-state index in [0.717, 1.165) is 12.8 Å². The molecular formula is C19H26O3. The van der Waals surface area contributed by atoms with E-state index in [1.807, 2.05) is 12.2 Å². The number of hydrogen-bond acceptors (Lipinski definition) is 3. The zero-order chi connectivity index (χ0) is 15.7. The standard InChI is InChI=1S/C19H26O3/c1-4-19(10-12-6-8-15(19)18(12,2)3)22-17(21)14-9-11-5-7-13(14)16(11)20/h5,7,11-15H,4,6,8-10H2,1-3H3. The highest BCUT2D eigenvalue weighted by Crippen LogP contribution is 2.64. The zero-order valence-electron chi connectivity index (χ0n) is 13.8. The molecule has 0 aliphatic heterocycles. The monoisotopic (exact) mass is 302 g/mol. The minimum Gasteiger partial charge on any atom is -0.459 e. The van der Waals surface area contributed by atoms with Crippen molar-refractivity contribution in [3.63, 3.8) is 0 Å². The Morgan fingerprint density at radius 1 is 1.32 bits per heavy atom. The highest BCUT2D eigenvalue weighted by atomic mass is 16.6. The summed E-state index contributed by atoms with van der Waals surface area (Å²) in [4.78, 5) is 24.8. The van der Waals surface area contributed by atoms with E-state index in [0.29, 0.717) is 18.3 Å². The fourth-order valence-corrected chi connectivity index (χ4v) is 5.99. The molecule has 22 heavy (non-hydrogen) atoms. The SMILES string of the molecule is CCC1(OC(=O)C2CC3C=CC2C3=O)CC2CCC1C2(C)C. The Labute approximate surface area is 132 Å². The third-order valence-electron chi connectivity index (χ3n) is 7.37. The zero-order valence-corrected chi connectivity index (χ0v) is 13.8. The number of esters is 1. The second kappa shape index (κ2) is 4.46. The third kappa shape index (κ3) is 1.68. The Kier molecular flexibility index (Phi) is 2.93. The summed E-state index contributed by atoms with van der Waals surface area (Å²) in [5, 5.41) is 0. The molecule has 3 fully saturated rings. The molecular weight excluding hydrogens is 276 g/mol. The molecule has 0 aromatic heterocycles. The lowest BCUT2D eigenvalue weighted by atomic mass is 9.76. The topological polar surface area (TPSA) is 43.4 Å². The summed E-state index contributed by atoms with van der Waals surface area (Å²) >= 11 is 0. The summed E-state index contributed by atoms with van der Waals surface area (Å²) in [6.07, 6.45) is 8.90. The summed E-state index contributed by atoms with van der Waals surface area (Å²) in [7, 11) is 0. The van der Waals surface area contributed by atoms with Gasteiger partial charge in [0.2, 0.25) is 0 Å². The van der Waals surface area contributed by atoms with Crippen LogP contribution in [0.15, 0.2) is 12.2 Å². The molecule has 0 aromatic carbocycles. The van der Waals surface area contributed by atoms with Crippen LogP contribution in [0.5, 0.6) is 0 Å². The van der Waals surface area contributed by atoms with Crippen LogP contribution < -0.4 is 0 Å². The molecule has 0 amide bonds. The minimum absolute atomic E-state index is 0.0309. The van der Waals surface area contributed by atoms with Crippen LogP contribution >= 0.6 is 0 Å². The average Bonchev–Trinajstić information content (AvgIpc) is 3.16. The summed E-state index contributed by atoms with van der Waals surface area (Å²) in [5.41, 5.74) is -0.00120. The molecule has 0 aromatic rings. The van der Waals surface area contributed by atoms with Gasteiger partial charge in [-0.3, -0.25) is 9.59 Å². The van der Waals surface area contributed by atoms with Crippen molar-refractivity contribution in [2.75, 3.05) is 0 Å². The lowest BCUT2D eigenvalue weighted by Gasteiger charge is -2.39. The number of ether oxygens (including phenoxy) is 1. The smallest absolute Gasteiger partial charge is 0.310 e. The van der Waals surface area contributed by atoms with Gasteiger partial charge in [-0.1, -0.05) is 32.9 Å². The van der Waals surface area contributed by atoms with Crippen molar-refractivity contribution in [1.29, 1.82) is 0 Å². The predicted octanol–water partition coefficient (Wildman–Crippen LogP) is 3.53. The molecule has 120 valence electrons. The molecule has 4 rings (SSSR count). The molecule has 6 unspecified atom stereocenters. The van der Waals surface area contributed by atoms with E-state index < -0.39 is 0 Å². The number of Topliss-reactive ketones (excluding diaryl/α,β-unsaturated/α-hetero) is 1. The first-order chi connectivity index (χ1) is 10.4. The Morgan fingerprint density at radius 2 is 2.09 bits per heavy atom. The van der Waals surface area contributed by atoms with Gasteiger partial charge in [-0.2, -0.15) is 0 Å².